The summed E-state index contributed by atoms with van der Waals surface area (Å²) in [4.78, 5) is 13.1. The predicted molar refractivity (Wildman–Crippen MR) is 129 cm³/mol. The molecule has 1 aromatic carbocycles. The molecule has 1 saturated carbocycles. The van der Waals surface area contributed by atoms with Crippen molar-refractivity contribution in [2.45, 2.75) is 49.0 Å². The van der Waals surface area contributed by atoms with E-state index in [1.807, 2.05) is 18.0 Å². The van der Waals surface area contributed by atoms with Crippen molar-refractivity contribution in [1.29, 1.82) is 0 Å². The minimum atomic E-state index is 0.253. The number of thioether (sulfide) groups is 1. The van der Waals surface area contributed by atoms with E-state index < -0.39 is 0 Å². The highest BCUT2D eigenvalue weighted by molar-refractivity contribution is 8.01. The van der Waals surface area contributed by atoms with Crippen LogP contribution in [0.1, 0.15) is 32.3 Å². The Kier molecular flexibility index (Phi) is 7.35. The average molecular weight is 440 g/mol. The van der Waals surface area contributed by atoms with Crippen LogP contribution in [0.15, 0.2) is 58.5 Å². The lowest BCUT2D eigenvalue weighted by Gasteiger charge is -2.32. The zero-order valence-corrected chi connectivity index (χ0v) is 19.3. The number of rotatable bonds is 8. The fraction of sp³-hybridized carbons (Fsp3) is 0.500. The first kappa shape index (κ1) is 22.0. The molecule has 6 nitrogen and oxygen atoms in total. The van der Waals surface area contributed by atoms with Crippen LogP contribution in [-0.2, 0) is 11.3 Å². The quantitative estimate of drug-likeness (QED) is 0.483. The minimum Gasteiger partial charge on any atom is -0.375 e. The van der Waals surface area contributed by atoms with E-state index in [0.717, 1.165) is 50.1 Å². The first-order chi connectivity index (χ1) is 15.2. The van der Waals surface area contributed by atoms with Gasteiger partial charge in [0.25, 0.3) is 0 Å². The van der Waals surface area contributed by atoms with Crippen molar-refractivity contribution in [2.24, 2.45) is 4.99 Å². The molecule has 2 heterocycles. The second-order valence-electron chi connectivity index (χ2n) is 8.30. The maximum absolute atomic E-state index is 5.62. The van der Waals surface area contributed by atoms with Crippen molar-refractivity contribution in [3.63, 3.8) is 0 Å². The summed E-state index contributed by atoms with van der Waals surface area (Å²) in [5, 5.41) is 6.93. The van der Waals surface area contributed by atoms with Crippen molar-refractivity contribution in [2.75, 3.05) is 37.7 Å². The lowest BCUT2D eigenvalue weighted by molar-refractivity contribution is 0.0529. The second kappa shape index (κ2) is 10.4. The van der Waals surface area contributed by atoms with Gasteiger partial charge in [-0.2, -0.15) is 0 Å². The van der Waals surface area contributed by atoms with Gasteiger partial charge in [-0.05, 0) is 50.5 Å². The van der Waals surface area contributed by atoms with Crippen LogP contribution in [0, 0.1) is 0 Å². The van der Waals surface area contributed by atoms with Gasteiger partial charge in [0.1, 0.15) is 5.82 Å². The Morgan fingerprint density at radius 2 is 2.06 bits per heavy atom. The number of nitrogens with one attached hydrogen (secondary N) is 2. The number of benzene rings is 1. The Bertz CT molecular complexity index is 854. The first-order valence-corrected chi connectivity index (χ1v) is 12.1. The average Bonchev–Trinajstić information content (AvgIpc) is 3.56. The molecule has 31 heavy (non-hydrogen) atoms. The molecular weight excluding hydrogens is 406 g/mol. The molecule has 166 valence electrons. The monoisotopic (exact) mass is 439 g/mol. The molecule has 0 radical (unpaired) electrons. The summed E-state index contributed by atoms with van der Waals surface area (Å²) in [5.74, 6) is 1.88. The van der Waals surface area contributed by atoms with Crippen LogP contribution in [0.4, 0.5) is 5.82 Å². The molecule has 0 bridgehead atoms. The SMILES string of the molecule is CCNC(=NCc1ccc(N2CCOC(C)C2)nc1)NCC1(Sc2ccccc2)CC1. The fourth-order valence-corrected chi connectivity index (χ4v) is 4.92. The van der Waals surface area contributed by atoms with Crippen molar-refractivity contribution < 1.29 is 4.74 Å². The van der Waals surface area contributed by atoms with Crippen molar-refractivity contribution >= 4 is 23.5 Å². The van der Waals surface area contributed by atoms with Crippen molar-refractivity contribution in [3.8, 4) is 0 Å². The topological polar surface area (TPSA) is 61.8 Å². The Labute approximate surface area is 189 Å². The molecular formula is C24H33N5OS. The number of pyridine rings is 1. The first-order valence-electron chi connectivity index (χ1n) is 11.2. The van der Waals surface area contributed by atoms with Crippen LogP contribution in [0.25, 0.3) is 0 Å². The van der Waals surface area contributed by atoms with E-state index in [1.165, 1.54) is 17.7 Å². The highest BCUT2D eigenvalue weighted by Gasteiger charge is 2.43. The molecule has 0 spiro atoms. The van der Waals surface area contributed by atoms with Gasteiger partial charge in [0.15, 0.2) is 5.96 Å². The number of nitrogens with zero attached hydrogens (tertiary/aromatic N) is 3. The molecule has 1 saturated heterocycles. The van der Waals surface area contributed by atoms with Gasteiger partial charge in [0.05, 0.1) is 19.3 Å². The molecule has 1 atom stereocenters. The summed E-state index contributed by atoms with van der Waals surface area (Å²) in [5.41, 5.74) is 1.11. The smallest absolute Gasteiger partial charge is 0.191 e. The van der Waals surface area contributed by atoms with Crippen LogP contribution in [0.2, 0.25) is 0 Å². The van der Waals surface area contributed by atoms with E-state index in [9.17, 15) is 0 Å². The lowest BCUT2D eigenvalue weighted by atomic mass is 10.2. The van der Waals surface area contributed by atoms with Gasteiger partial charge >= 0.3 is 0 Å². The standard InChI is InChI=1S/C24H33N5OS/c1-3-25-23(28-18-24(11-12-24)31-21-7-5-4-6-8-21)27-16-20-9-10-22(26-15-20)29-13-14-30-19(2)17-29/h4-10,15,19H,3,11-14,16-18H2,1-2H3,(H2,25,27,28). The fourth-order valence-electron chi connectivity index (χ4n) is 3.67. The van der Waals surface area contributed by atoms with E-state index in [0.29, 0.717) is 6.54 Å². The van der Waals surface area contributed by atoms with Gasteiger partial charge in [0.2, 0.25) is 0 Å². The van der Waals surface area contributed by atoms with Gasteiger partial charge in [-0.25, -0.2) is 9.98 Å². The summed E-state index contributed by atoms with van der Waals surface area (Å²) in [6.45, 7) is 9.13. The predicted octanol–water partition coefficient (Wildman–Crippen LogP) is 3.69. The number of guanidine groups is 1. The van der Waals surface area contributed by atoms with E-state index in [4.69, 9.17) is 9.73 Å². The van der Waals surface area contributed by atoms with E-state index in [1.54, 1.807) is 0 Å². The lowest BCUT2D eigenvalue weighted by Crippen LogP contribution is -2.41. The molecule has 1 unspecified atom stereocenters. The van der Waals surface area contributed by atoms with Crippen LogP contribution in [0.3, 0.4) is 0 Å². The van der Waals surface area contributed by atoms with E-state index in [-0.39, 0.29) is 10.9 Å². The Balaban J connectivity index is 1.31. The van der Waals surface area contributed by atoms with Crippen molar-refractivity contribution in [1.82, 2.24) is 15.6 Å². The van der Waals surface area contributed by atoms with E-state index in [2.05, 4.69) is 76.8 Å². The highest BCUT2D eigenvalue weighted by atomic mass is 32.2. The van der Waals surface area contributed by atoms with Crippen LogP contribution in [-0.4, -0.2) is 54.6 Å². The van der Waals surface area contributed by atoms with Crippen LogP contribution in [0.5, 0.6) is 0 Å². The third-order valence-corrected chi connectivity index (χ3v) is 7.09. The Morgan fingerprint density at radius 3 is 2.74 bits per heavy atom. The Hall–Kier alpha value is -2.25. The molecule has 2 N–H and O–H groups in total. The molecule has 7 heteroatoms. The van der Waals surface area contributed by atoms with Gasteiger partial charge < -0.3 is 20.3 Å². The number of aromatic nitrogens is 1. The third kappa shape index (κ3) is 6.37. The van der Waals surface area contributed by atoms with Gasteiger partial charge in [-0.1, -0.05) is 24.3 Å². The zero-order valence-electron chi connectivity index (χ0n) is 18.5. The van der Waals surface area contributed by atoms with Gasteiger partial charge in [-0.3, -0.25) is 0 Å². The summed E-state index contributed by atoms with van der Waals surface area (Å²) >= 11 is 1.98. The number of hydrogen-bond donors (Lipinski definition) is 2. The number of aliphatic imine (C=N–C) groups is 1. The van der Waals surface area contributed by atoms with E-state index >= 15 is 0 Å². The second-order valence-corrected chi connectivity index (χ2v) is 9.84. The molecule has 2 aromatic rings. The van der Waals surface area contributed by atoms with Gasteiger partial charge in [0, 0.05) is 42.0 Å². The third-order valence-electron chi connectivity index (χ3n) is 5.60. The molecule has 1 aliphatic carbocycles. The van der Waals surface area contributed by atoms with Crippen LogP contribution < -0.4 is 15.5 Å². The number of ether oxygens (including phenoxy) is 1. The molecule has 1 aliphatic heterocycles. The summed E-state index contributed by atoms with van der Waals surface area (Å²) in [6, 6.07) is 14.9. The molecule has 0 amide bonds. The summed E-state index contributed by atoms with van der Waals surface area (Å²) < 4.78 is 5.91. The largest absolute Gasteiger partial charge is 0.375 e. The highest BCUT2D eigenvalue weighted by Crippen LogP contribution is 2.51. The molecule has 4 rings (SSSR count). The normalized spacial score (nSPS) is 20.4. The minimum absolute atomic E-state index is 0.253. The molecule has 1 aromatic heterocycles. The number of anilines is 1. The Morgan fingerprint density at radius 1 is 1.23 bits per heavy atom. The molecule has 2 fully saturated rings. The van der Waals surface area contributed by atoms with Crippen LogP contribution >= 0.6 is 11.8 Å². The zero-order chi connectivity index (χ0) is 21.5. The number of morpholine rings is 1. The maximum atomic E-state index is 5.62. The van der Waals surface area contributed by atoms with Gasteiger partial charge in [-0.15, -0.1) is 11.8 Å². The van der Waals surface area contributed by atoms with Crippen molar-refractivity contribution in [3.05, 3.63) is 54.2 Å². The molecule has 2 aliphatic rings. The summed E-state index contributed by atoms with van der Waals surface area (Å²) in [7, 11) is 0. The summed E-state index contributed by atoms with van der Waals surface area (Å²) in [6.07, 6.45) is 4.67. The maximum Gasteiger partial charge on any atom is 0.191 e. The number of hydrogen-bond acceptors (Lipinski definition) is 5.